The Hall–Kier alpha value is -1.85. The van der Waals surface area contributed by atoms with Crippen LogP contribution in [0.2, 0.25) is 0 Å². The molecule has 0 radical (unpaired) electrons. The van der Waals surface area contributed by atoms with Gasteiger partial charge in [-0.25, -0.2) is 4.98 Å². The number of imidazole rings is 1. The zero-order chi connectivity index (χ0) is 10.1. The molecule has 1 atom stereocenters. The molecule has 1 amide bonds. The molecule has 2 N–H and O–H groups in total. The van der Waals surface area contributed by atoms with Gasteiger partial charge in [-0.05, 0) is 0 Å². The highest BCUT2D eigenvalue weighted by atomic mass is 16.4. The Kier molecular flexibility index (Phi) is 1.95. The number of carbonyl (C=O) groups excluding carboxylic acids is 1. The van der Waals surface area contributed by atoms with E-state index in [1.54, 1.807) is 4.57 Å². The van der Waals surface area contributed by atoms with E-state index in [2.05, 4.69) is 10.3 Å². The molecule has 0 saturated carbocycles. The highest BCUT2D eigenvalue weighted by molar-refractivity contribution is 5.93. The predicted octanol–water partition coefficient (Wildman–Crippen LogP) is -0.358. The minimum Gasteiger partial charge on any atom is -0.481 e. The van der Waals surface area contributed by atoms with Gasteiger partial charge in [-0.15, -0.1) is 0 Å². The van der Waals surface area contributed by atoms with Gasteiger partial charge in [0.2, 0.25) is 0 Å². The molecule has 1 unspecified atom stereocenters. The van der Waals surface area contributed by atoms with Gasteiger partial charge in [-0.2, -0.15) is 0 Å². The molecule has 1 aromatic rings. The third-order valence-corrected chi connectivity index (χ3v) is 2.20. The van der Waals surface area contributed by atoms with Crippen LogP contribution in [0.1, 0.15) is 23.0 Å². The van der Waals surface area contributed by atoms with E-state index in [1.165, 1.54) is 12.5 Å². The fraction of sp³-hybridized carbons (Fsp3) is 0.375. The third-order valence-electron chi connectivity index (χ3n) is 2.20. The Balaban J connectivity index is 2.29. The second kappa shape index (κ2) is 3.13. The molecule has 6 nitrogen and oxygen atoms in total. The quantitative estimate of drug-likeness (QED) is 0.675. The van der Waals surface area contributed by atoms with Crippen molar-refractivity contribution in [2.24, 2.45) is 0 Å². The van der Waals surface area contributed by atoms with Crippen molar-refractivity contribution < 1.29 is 14.7 Å². The molecule has 0 aliphatic carbocycles. The first-order valence-corrected chi connectivity index (χ1v) is 4.20. The number of aromatic nitrogens is 2. The van der Waals surface area contributed by atoms with Gasteiger partial charge in [-0.1, -0.05) is 0 Å². The van der Waals surface area contributed by atoms with Gasteiger partial charge in [0.15, 0.2) is 0 Å². The van der Waals surface area contributed by atoms with E-state index in [0.717, 1.165) is 0 Å². The lowest BCUT2D eigenvalue weighted by Crippen LogP contribution is -2.39. The number of nitrogens with zero attached hydrogens (tertiary/aromatic N) is 2. The number of aliphatic carboxylic acids is 1. The number of carbonyl (C=O) groups is 2. The summed E-state index contributed by atoms with van der Waals surface area (Å²) in [5.74, 6) is -1.09. The first-order valence-electron chi connectivity index (χ1n) is 4.20. The smallest absolute Gasteiger partial charge is 0.305 e. The average Bonchev–Trinajstić information content (AvgIpc) is 2.58. The molecule has 74 valence electrons. The van der Waals surface area contributed by atoms with Crippen LogP contribution in [-0.4, -0.2) is 33.1 Å². The number of nitrogens with one attached hydrogen (secondary N) is 1. The Morgan fingerprint density at radius 2 is 2.57 bits per heavy atom. The van der Waals surface area contributed by atoms with E-state index < -0.39 is 5.97 Å². The monoisotopic (exact) mass is 195 g/mol. The topological polar surface area (TPSA) is 84.2 Å². The Labute approximate surface area is 79.6 Å². The molecule has 2 heterocycles. The van der Waals surface area contributed by atoms with Crippen molar-refractivity contribution in [3.63, 3.8) is 0 Å². The average molecular weight is 195 g/mol. The molecule has 0 fully saturated rings. The normalized spacial score (nSPS) is 20.0. The van der Waals surface area contributed by atoms with Crippen molar-refractivity contribution in [2.45, 2.75) is 12.5 Å². The predicted molar refractivity (Wildman–Crippen MR) is 45.9 cm³/mol. The van der Waals surface area contributed by atoms with Crippen LogP contribution in [0.4, 0.5) is 0 Å². The summed E-state index contributed by atoms with van der Waals surface area (Å²) in [5.41, 5.74) is 0.419. The number of carboxylic acid groups (broad SMARTS) is 1. The lowest BCUT2D eigenvalue weighted by atomic mass is 10.1. The molecule has 0 saturated heterocycles. The van der Waals surface area contributed by atoms with Crippen molar-refractivity contribution in [1.82, 2.24) is 14.9 Å². The molecule has 1 aliphatic heterocycles. The molecule has 0 bridgehead atoms. The largest absolute Gasteiger partial charge is 0.481 e. The number of hydrogen-bond acceptors (Lipinski definition) is 3. The van der Waals surface area contributed by atoms with Crippen LogP contribution < -0.4 is 5.32 Å². The van der Waals surface area contributed by atoms with Gasteiger partial charge in [-0.3, -0.25) is 9.59 Å². The van der Waals surface area contributed by atoms with Gasteiger partial charge >= 0.3 is 5.97 Å². The van der Waals surface area contributed by atoms with Crippen LogP contribution in [0.25, 0.3) is 0 Å². The summed E-state index contributed by atoms with van der Waals surface area (Å²) in [6.45, 7) is 0.342. The molecule has 14 heavy (non-hydrogen) atoms. The van der Waals surface area contributed by atoms with E-state index in [1.807, 2.05) is 0 Å². The van der Waals surface area contributed by atoms with Crippen LogP contribution >= 0.6 is 0 Å². The van der Waals surface area contributed by atoms with E-state index in [9.17, 15) is 9.59 Å². The fourth-order valence-electron chi connectivity index (χ4n) is 1.54. The highest BCUT2D eigenvalue weighted by Gasteiger charge is 2.26. The summed E-state index contributed by atoms with van der Waals surface area (Å²) < 4.78 is 1.60. The van der Waals surface area contributed by atoms with Crippen molar-refractivity contribution in [3.8, 4) is 0 Å². The Bertz CT molecular complexity index is 385. The maximum atomic E-state index is 11.3. The molecule has 0 spiro atoms. The Morgan fingerprint density at radius 1 is 1.79 bits per heavy atom. The van der Waals surface area contributed by atoms with E-state index in [4.69, 9.17) is 5.11 Å². The fourth-order valence-corrected chi connectivity index (χ4v) is 1.54. The molecule has 6 heteroatoms. The molecule has 1 aromatic heterocycles. The zero-order valence-electron chi connectivity index (χ0n) is 7.30. The maximum Gasteiger partial charge on any atom is 0.305 e. The Morgan fingerprint density at radius 3 is 3.29 bits per heavy atom. The second-order valence-electron chi connectivity index (χ2n) is 3.15. The zero-order valence-corrected chi connectivity index (χ0v) is 7.30. The summed E-state index contributed by atoms with van der Waals surface area (Å²) in [5, 5.41) is 11.3. The summed E-state index contributed by atoms with van der Waals surface area (Å²) in [6, 6.07) is -0.234. The van der Waals surface area contributed by atoms with E-state index in [0.29, 0.717) is 12.2 Å². The molecular weight excluding hydrogens is 186 g/mol. The van der Waals surface area contributed by atoms with Crippen LogP contribution in [0.3, 0.4) is 0 Å². The molecule has 2 rings (SSSR count). The van der Waals surface area contributed by atoms with E-state index >= 15 is 0 Å². The molecular formula is C8H9N3O3. The van der Waals surface area contributed by atoms with E-state index in [-0.39, 0.29) is 18.4 Å². The second-order valence-corrected chi connectivity index (χ2v) is 3.15. The number of amides is 1. The van der Waals surface area contributed by atoms with Crippen LogP contribution in [0, 0.1) is 0 Å². The number of hydrogen-bond donors (Lipinski definition) is 2. The van der Waals surface area contributed by atoms with Gasteiger partial charge < -0.3 is 15.0 Å². The minimum absolute atomic E-state index is 0.0103. The standard InChI is InChI=1S/C8H9N3O3/c12-7(13)1-5-2-10-8(14)6-3-9-4-11(5)6/h3-5H,1-2H2,(H,10,14)(H,12,13). The van der Waals surface area contributed by atoms with Gasteiger partial charge in [0, 0.05) is 6.54 Å². The summed E-state index contributed by atoms with van der Waals surface area (Å²) in [4.78, 5) is 25.6. The van der Waals surface area contributed by atoms with Crippen molar-refractivity contribution >= 4 is 11.9 Å². The van der Waals surface area contributed by atoms with Crippen molar-refractivity contribution in [3.05, 3.63) is 18.2 Å². The number of rotatable bonds is 2. The SMILES string of the molecule is O=C(O)CC1CNC(=O)c2cncn21. The number of fused-ring (bicyclic) bond motifs is 1. The van der Waals surface area contributed by atoms with Gasteiger partial charge in [0.25, 0.3) is 5.91 Å². The van der Waals surface area contributed by atoms with Crippen LogP contribution in [-0.2, 0) is 4.79 Å². The summed E-state index contributed by atoms with van der Waals surface area (Å²) >= 11 is 0. The lowest BCUT2D eigenvalue weighted by molar-refractivity contribution is -0.137. The van der Waals surface area contributed by atoms with Crippen LogP contribution in [0.15, 0.2) is 12.5 Å². The van der Waals surface area contributed by atoms with Crippen molar-refractivity contribution in [2.75, 3.05) is 6.54 Å². The summed E-state index contributed by atoms with van der Waals surface area (Å²) in [7, 11) is 0. The van der Waals surface area contributed by atoms with Gasteiger partial charge in [0.05, 0.1) is 25.0 Å². The first kappa shape index (κ1) is 8.74. The molecule has 1 aliphatic rings. The van der Waals surface area contributed by atoms with Crippen molar-refractivity contribution in [1.29, 1.82) is 0 Å². The molecule has 0 aromatic carbocycles. The summed E-state index contributed by atoms with van der Waals surface area (Å²) in [6.07, 6.45) is 2.91. The minimum atomic E-state index is -0.884. The third kappa shape index (κ3) is 1.34. The lowest BCUT2D eigenvalue weighted by Gasteiger charge is -2.24. The first-order chi connectivity index (χ1) is 6.68. The highest BCUT2D eigenvalue weighted by Crippen LogP contribution is 2.17. The number of carboxylic acids is 1. The van der Waals surface area contributed by atoms with Crippen LogP contribution in [0.5, 0.6) is 0 Å². The van der Waals surface area contributed by atoms with Gasteiger partial charge in [0.1, 0.15) is 5.69 Å². The maximum absolute atomic E-state index is 11.3.